The standard InChI is InChI=1S/C22H26N4O4/c1-5-26-12-16(14(4)24-26)17-11-20(30-25-17)22(27)23-21(13(2)3)15-6-7-18-19(10-15)29-9-8-28-18/h6-7,10-13,21H,5,8-9H2,1-4H3,(H,23,27). The van der Waals surface area contributed by atoms with E-state index in [1.54, 1.807) is 6.07 Å². The number of amides is 1. The van der Waals surface area contributed by atoms with Crippen molar-refractivity contribution in [2.24, 2.45) is 5.92 Å². The number of benzene rings is 1. The van der Waals surface area contributed by atoms with Gasteiger partial charge in [-0.1, -0.05) is 25.1 Å². The second kappa shape index (κ2) is 8.22. The van der Waals surface area contributed by atoms with Crippen molar-refractivity contribution in [2.75, 3.05) is 13.2 Å². The number of hydrogen-bond donors (Lipinski definition) is 1. The first kappa shape index (κ1) is 20.0. The van der Waals surface area contributed by atoms with E-state index in [4.69, 9.17) is 14.0 Å². The van der Waals surface area contributed by atoms with Crippen LogP contribution >= 0.6 is 0 Å². The van der Waals surface area contributed by atoms with E-state index < -0.39 is 0 Å². The van der Waals surface area contributed by atoms with Gasteiger partial charge in [0, 0.05) is 24.4 Å². The molecule has 8 nitrogen and oxygen atoms in total. The van der Waals surface area contributed by atoms with Crippen molar-refractivity contribution >= 4 is 5.91 Å². The molecular formula is C22H26N4O4. The van der Waals surface area contributed by atoms with Crippen LogP contribution in [0, 0.1) is 12.8 Å². The first-order valence-electron chi connectivity index (χ1n) is 10.2. The lowest BCUT2D eigenvalue weighted by Crippen LogP contribution is -2.31. The number of hydrogen-bond acceptors (Lipinski definition) is 6. The summed E-state index contributed by atoms with van der Waals surface area (Å²) in [4.78, 5) is 12.9. The van der Waals surface area contributed by atoms with Gasteiger partial charge in [-0.3, -0.25) is 9.48 Å². The monoisotopic (exact) mass is 410 g/mol. The number of nitrogens with zero attached hydrogens (tertiary/aromatic N) is 3. The van der Waals surface area contributed by atoms with Gasteiger partial charge in [0.25, 0.3) is 5.91 Å². The Hall–Kier alpha value is -3.29. The van der Waals surface area contributed by atoms with Crippen molar-refractivity contribution in [2.45, 2.75) is 40.3 Å². The molecule has 0 aliphatic carbocycles. The molecule has 30 heavy (non-hydrogen) atoms. The number of fused-ring (bicyclic) bond motifs is 1. The number of carbonyl (C=O) groups is 1. The molecule has 8 heteroatoms. The molecule has 1 N–H and O–H groups in total. The van der Waals surface area contributed by atoms with Crippen LogP contribution in [0.5, 0.6) is 11.5 Å². The summed E-state index contributed by atoms with van der Waals surface area (Å²) < 4.78 is 18.4. The molecule has 1 unspecified atom stereocenters. The fourth-order valence-corrected chi connectivity index (χ4v) is 3.54. The van der Waals surface area contributed by atoms with Gasteiger partial charge < -0.3 is 19.3 Å². The van der Waals surface area contributed by atoms with Gasteiger partial charge in [0.1, 0.15) is 18.9 Å². The molecule has 1 aromatic carbocycles. The number of nitrogens with one attached hydrogen (secondary N) is 1. The van der Waals surface area contributed by atoms with Gasteiger partial charge >= 0.3 is 0 Å². The van der Waals surface area contributed by atoms with Gasteiger partial charge in [-0.15, -0.1) is 0 Å². The van der Waals surface area contributed by atoms with Crippen molar-refractivity contribution in [3.05, 3.63) is 47.5 Å². The zero-order chi connectivity index (χ0) is 21.3. The fourth-order valence-electron chi connectivity index (χ4n) is 3.54. The highest BCUT2D eigenvalue weighted by atomic mass is 16.6. The Labute approximate surface area is 175 Å². The van der Waals surface area contributed by atoms with Crippen molar-refractivity contribution in [1.82, 2.24) is 20.3 Å². The van der Waals surface area contributed by atoms with E-state index >= 15 is 0 Å². The Bertz CT molecular complexity index is 1050. The first-order chi connectivity index (χ1) is 14.5. The zero-order valence-electron chi connectivity index (χ0n) is 17.6. The first-order valence-corrected chi connectivity index (χ1v) is 10.2. The highest BCUT2D eigenvalue weighted by Gasteiger charge is 2.24. The Balaban J connectivity index is 1.54. The molecule has 0 bridgehead atoms. The molecule has 1 aliphatic heterocycles. The smallest absolute Gasteiger partial charge is 0.290 e. The van der Waals surface area contributed by atoms with Crippen molar-refractivity contribution in [1.29, 1.82) is 0 Å². The summed E-state index contributed by atoms with van der Waals surface area (Å²) in [6, 6.07) is 7.19. The quantitative estimate of drug-likeness (QED) is 0.665. The van der Waals surface area contributed by atoms with E-state index in [1.807, 2.05) is 42.9 Å². The summed E-state index contributed by atoms with van der Waals surface area (Å²) in [6.07, 6.45) is 1.90. The molecule has 0 spiro atoms. The van der Waals surface area contributed by atoms with Gasteiger partial charge in [0.15, 0.2) is 11.5 Å². The summed E-state index contributed by atoms with van der Waals surface area (Å²) >= 11 is 0. The Morgan fingerprint density at radius 2 is 1.97 bits per heavy atom. The zero-order valence-corrected chi connectivity index (χ0v) is 17.6. The van der Waals surface area contributed by atoms with Gasteiger partial charge in [-0.25, -0.2) is 0 Å². The third-order valence-corrected chi connectivity index (χ3v) is 5.16. The highest BCUT2D eigenvalue weighted by Crippen LogP contribution is 2.34. The average molecular weight is 410 g/mol. The Morgan fingerprint density at radius 3 is 2.67 bits per heavy atom. The van der Waals surface area contributed by atoms with E-state index in [2.05, 4.69) is 29.4 Å². The van der Waals surface area contributed by atoms with Gasteiger partial charge in [-0.05, 0) is 37.5 Å². The summed E-state index contributed by atoms with van der Waals surface area (Å²) in [5, 5.41) is 11.6. The van der Waals surface area contributed by atoms with Gasteiger partial charge in [0.05, 0.1) is 11.7 Å². The second-order valence-corrected chi connectivity index (χ2v) is 7.66. The summed E-state index contributed by atoms with van der Waals surface area (Å²) in [5.41, 5.74) is 3.24. The van der Waals surface area contributed by atoms with Gasteiger partial charge in [0.2, 0.25) is 5.76 Å². The minimum Gasteiger partial charge on any atom is -0.486 e. The highest BCUT2D eigenvalue weighted by molar-refractivity contribution is 5.92. The molecule has 4 rings (SSSR count). The van der Waals surface area contributed by atoms with E-state index in [-0.39, 0.29) is 23.6 Å². The molecule has 1 aliphatic rings. The van der Waals surface area contributed by atoms with E-state index in [0.29, 0.717) is 24.7 Å². The molecule has 0 saturated carbocycles. The van der Waals surface area contributed by atoms with E-state index in [1.165, 1.54) is 0 Å². The normalized spacial score (nSPS) is 14.0. The maximum atomic E-state index is 12.9. The molecule has 3 aromatic rings. The molecule has 0 fully saturated rings. The van der Waals surface area contributed by atoms with Crippen LogP contribution in [-0.4, -0.2) is 34.1 Å². The number of ether oxygens (including phenoxy) is 2. The van der Waals surface area contributed by atoms with Crippen LogP contribution in [0.4, 0.5) is 0 Å². The summed E-state index contributed by atoms with van der Waals surface area (Å²) in [7, 11) is 0. The molecule has 0 saturated heterocycles. The fraction of sp³-hybridized carbons (Fsp3) is 0.409. The Morgan fingerprint density at radius 1 is 1.20 bits per heavy atom. The van der Waals surface area contributed by atoms with Crippen LogP contribution in [0.15, 0.2) is 35.0 Å². The molecule has 2 aromatic heterocycles. The van der Waals surface area contributed by atoms with Gasteiger partial charge in [-0.2, -0.15) is 5.10 Å². The topological polar surface area (TPSA) is 91.4 Å². The maximum absolute atomic E-state index is 12.9. The minimum absolute atomic E-state index is 0.156. The second-order valence-electron chi connectivity index (χ2n) is 7.66. The van der Waals surface area contributed by atoms with E-state index in [0.717, 1.165) is 29.1 Å². The largest absolute Gasteiger partial charge is 0.486 e. The SMILES string of the molecule is CCn1cc(-c2cc(C(=O)NC(c3ccc4c(c3)OCCO4)C(C)C)on2)c(C)n1. The lowest BCUT2D eigenvalue weighted by Gasteiger charge is -2.25. The molecular weight excluding hydrogens is 384 g/mol. The minimum atomic E-state index is -0.317. The van der Waals surface area contributed by atoms with Crippen LogP contribution in [0.1, 0.15) is 48.6 Å². The van der Waals surface area contributed by atoms with Crippen molar-refractivity contribution in [3.63, 3.8) is 0 Å². The molecule has 158 valence electrons. The Kier molecular flexibility index (Phi) is 5.48. The van der Waals surface area contributed by atoms with Crippen molar-refractivity contribution < 1.29 is 18.8 Å². The average Bonchev–Trinajstić information content (AvgIpc) is 3.37. The molecule has 1 atom stereocenters. The molecule has 1 amide bonds. The summed E-state index contributed by atoms with van der Waals surface area (Å²) in [5.74, 6) is 1.43. The number of aromatic nitrogens is 3. The summed E-state index contributed by atoms with van der Waals surface area (Å²) in [6.45, 7) is 9.85. The molecule has 3 heterocycles. The van der Waals surface area contributed by atoms with Crippen LogP contribution in [-0.2, 0) is 6.54 Å². The van der Waals surface area contributed by atoms with Crippen molar-refractivity contribution in [3.8, 4) is 22.8 Å². The third-order valence-electron chi connectivity index (χ3n) is 5.16. The predicted octanol–water partition coefficient (Wildman–Crippen LogP) is 3.76. The van der Waals surface area contributed by atoms with Crippen LogP contribution < -0.4 is 14.8 Å². The lowest BCUT2D eigenvalue weighted by molar-refractivity contribution is 0.0888. The van der Waals surface area contributed by atoms with E-state index in [9.17, 15) is 4.79 Å². The van der Waals surface area contributed by atoms with Crippen LogP contribution in [0.25, 0.3) is 11.3 Å². The number of aryl methyl sites for hydroxylation is 2. The maximum Gasteiger partial charge on any atom is 0.290 e. The number of carbonyl (C=O) groups excluding carboxylic acids is 1. The lowest BCUT2D eigenvalue weighted by atomic mass is 9.95. The molecule has 0 radical (unpaired) electrons. The number of rotatable bonds is 6. The van der Waals surface area contributed by atoms with Crippen LogP contribution in [0.2, 0.25) is 0 Å². The van der Waals surface area contributed by atoms with Crippen LogP contribution in [0.3, 0.4) is 0 Å². The predicted molar refractivity (Wildman–Crippen MR) is 111 cm³/mol. The third kappa shape index (κ3) is 3.90.